The number of pyridine rings is 1. The third kappa shape index (κ3) is 3.95. The minimum absolute atomic E-state index is 0.00681. The van der Waals surface area contributed by atoms with Gasteiger partial charge in [-0.25, -0.2) is 14.0 Å². The van der Waals surface area contributed by atoms with Gasteiger partial charge in [-0.1, -0.05) is 6.07 Å². The lowest BCUT2D eigenvalue weighted by Gasteiger charge is -2.20. The van der Waals surface area contributed by atoms with Gasteiger partial charge in [0.05, 0.1) is 22.4 Å². The van der Waals surface area contributed by atoms with Crippen LogP contribution in [0.15, 0.2) is 60.0 Å². The van der Waals surface area contributed by atoms with Crippen LogP contribution >= 0.6 is 0 Å². The Labute approximate surface area is 213 Å². The Morgan fingerprint density at radius 1 is 1.05 bits per heavy atom. The van der Waals surface area contributed by atoms with E-state index in [1.807, 2.05) is 0 Å². The predicted molar refractivity (Wildman–Crippen MR) is 140 cm³/mol. The number of aliphatic hydroxyl groups excluding tert-OH is 1. The van der Waals surface area contributed by atoms with Crippen molar-refractivity contribution >= 4 is 33.5 Å². The molecular formula is C26H24FN5O6. The molecule has 12 heteroatoms. The van der Waals surface area contributed by atoms with Crippen LogP contribution in [0.4, 0.5) is 15.9 Å². The predicted octanol–water partition coefficient (Wildman–Crippen LogP) is 2.17. The molecule has 0 amide bonds. The first-order valence-corrected chi connectivity index (χ1v) is 11.8. The van der Waals surface area contributed by atoms with Gasteiger partial charge in [0.1, 0.15) is 17.0 Å². The number of rotatable bonds is 6. The van der Waals surface area contributed by atoms with E-state index in [1.165, 1.54) is 53.4 Å². The van der Waals surface area contributed by atoms with E-state index in [1.54, 1.807) is 13.0 Å². The maximum Gasteiger partial charge on any atom is 0.417 e. The Morgan fingerprint density at radius 2 is 1.82 bits per heavy atom. The number of benzene rings is 2. The number of nitrogens with zero attached hydrogens (tertiary/aromatic N) is 3. The van der Waals surface area contributed by atoms with Crippen LogP contribution in [0.2, 0.25) is 0 Å². The van der Waals surface area contributed by atoms with Gasteiger partial charge in [-0.05, 0) is 56.2 Å². The van der Waals surface area contributed by atoms with Crippen molar-refractivity contribution in [3.8, 4) is 5.69 Å². The van der Waals surface area contributed by atoms with Crippen molar-refractivity contribution in [3.05, 3.63) is 95.1 Å². The van der Waals surface area contributed by atoms with Gasteiger partial charge in [-0.2, -0.15) is 0 Å². The number of oxazole rings is 1. The van der Waals surface area contributed by atoms with Crippen molar-refractivity contribution in [1.82, 2.24) is 18.7 Å². The molecule has 0 aliphatic carbocycles. The largest absolute Gasteiger partial charge is 0.417 e. The summed E-state index contributed by atoms with van der Waals surface area (Å²) in [6, 6.07) is 8.98. The average molecular weight is 522 g/mol. The topological polar surface area (TPSA) is 144 Å². The van der Waals surface area contributed by atoms with Gasteiger partial charge in [-0.15, -0.1) is 0 Å². The van der Waals surface area contributed by atoms with Crippen LogP contribution in [0.25, 0.3) is 27.7 Å². The summed E-state index contributed by atoms with van der Waals surface area (Å²) in [4.78, 5) is 55.0. The van der Waals surface area contributed by atoms with Crippen LogP contribution < -0.4 is 27.9 Å². The van der Waals surface area contributed by atoms with Crippen molar-refractivity contribution in [1.29, 1.82) is 0 Å². The van der Waals surface area contributed by atoms with Crippen LogP contribution in [0.1, 0.15) is 17.5 Å². The average Bonchev–Trinajstić information content (AvgIpc) is 3.25. The minimum atomic E-state index is -0.745. The first kappa shape index (κ1) is 25.0. The third-order valence-electron chi connectivity index (χ3n) is 6.47. The number of anilines is 2. The molecule has 0 saturated carbocycles. The van der Waals surface area contributed by atoms with Gasteiger partial charge >= 0.3 is 11.4 Å². The van der Waals surface area contributed by atoms with Crippen LogP contribution in [0.5, 0.6) is 0 Å². The fraction of sp³-hybridized carbons (Fsp3) is 0.231. The maximum absolute atomic E-state index is 14.8. The molecule has 11 nitrogen and oxygen atoms in total. The summed E-state index contributed by atoms with van der Waals surface area (Å²) in [5.41, 5.74) is -0.277. The second kappa shape index (κ2) is 9.30. The molecule has 0 aliphatic heterocycles. The molecule has 3 aromatic heterocycles. The third-order valence-corrected chi connectivity index (χ3v) is 6.47. The molecule has 3 N–H and O–H groups in total. The minimum Gasteiger partial charge on any atom is -0.408 e. The normalized spacial score (nSPS) is 11.5. The number of nitrogens with one attached hydrogen (secondary N) is 2. The lowest BCUT2D eigenvalue weighted by molar-refractivity contribution is 0.278. The summed E-state index contributed by atoms with van der Waals surface area (Å²) in [7, 11) is 1.44. The summed E-state index contributed by atoms with van der Waals surface area (Å²) in [5, 5.41) is 12.2. The molecule has 196 valence electrons. The highest BCUT2D eigenvalue weighted by Crippen LogP contribution is 2.27. The summed E-state index contributed by atoms with van der Waals surface area (Å²) in [5.74, 6) is -1.28. The zero-order valence-corrected chi connectivity index (χ0v) is 20.8. The summed E-state index contributed by atoms with van der Waals surface area (Å²) >= 11 is 0. The van der Waals surface area contributed by atoms with E-state index >= 15 is 0 Å². The van der Waals surface area contributed by atoms with Gasteiger partial charge in [-0.3, -0.25) is 28.3 Å². The second-order valence-corrected chi connectivity index (χ2v) is 9.02. The molecular weight excluding hydrogens is 497 g/mol. The number of aromatic nitrogens is 4. The van der Waals surface area contributed by atoms with Gasteiger partial charge in [0, 0.05) is 25.8 Å². The fourth-order valence-electron chi connectivity index (χ4n) is 4.58. The molecule has 5 rings (SSSR count). The van der Waals surface area contributed by atoms with E-state index in [-0.39, 0.29) is 58.8 Å². The molecule has 38 heavy (non-hydrogen) atoms. The highest BCUT2D eigenvalue weighted by Gasteiger charge is 2.24. The molecule has 0 fully saturated rings. The van der Waals surface area contributed by atoms with E-state index < -0.39 is 28.4 Å². The van der Waals surface area contributed by atoms with Crippen LogP contribution in [-0.2, 0) is 13.6 Å². The molecule has 3 heterocycles. The standard InChI is InChI=1S/C26H24FN5O6/c1-13-5-7-17(16(27)11-13)28-22-20-21(14(2)23(34)30(22)3)32(26(37)31(24(20)35)9-4-10-33)15-6-8-19-18(12-15)29-25(36)38-19/h5-8,11-12,28,33H,4,9-10H2,1-3H3,(H,29,36). The number of hydrogen-bond acceptors (Lipinski definition) is 7. The van der Waals surface area contributed by atoms with E-state index in [0.29, 0.717) is 11.1 Å². The van der Waals surface area contributed by atoms with Crippen molar-refractivity contribution in [2.75, 3.05) is 11.9 Å². The fourth-order valence-corrected chi connectivity index (χ4v) is 4.58. The van der Waals surface area contributed by atoms with Crippen LogP contribution in [0, 0.1) is 19.7 Å². The molecule has 0 spiro atoms. The van der Waals surface area contributed by atoms with Crippen molar-refractivity contribution in [2.24, 2.45) is 7.05 Å². The molecule has 5 aromatic rings. The first-order chi connectivity index (χ1) is 18.1. The Kier molecular flexibility index (Phi) is 6.11. The quantitative estimate of drug-likeness (QED) is 0.311. The summed E-state index contributed by atoms with van der Waals surface area (Å²) in [6.07, 6.45) is 0.120. The molecule has 0 aliphatic rings. The van der Waals surface area contributed by atoms with Gasteiger partial charge in [0.15, 0.2) is 5.58 Å². The Hall–Kier alpha value is -4.71. The van der Waals surface area contributed by atoms with Crippen LogP contribution in [0.3, 0.4) is 0 Å². The molecule has 0 radical (unpaired) electrons. The van der Waals surface area contributed by atoms with E-state index in [4.69, 9.17) is 4.42 Å². The number of fused-ring (bicyclic) bond motifs is 2. The number of aliphatic hydroxyl groups is 1. The molecule has 2 aromatic carbocycles. The van der Waals surface area contributed by atoms with Crippen molar-refractivity contribution in [2.45, 2.75) is 26.8 Å². The van der Waals surface area contributed by atoms with E-state index in [0.717, 1.165) is 4.57 Å². The molecule has 0 atom stereocenters. The molecule has 0 bridgehead atoms. The summed E-state index contributed by atoms with van der Waals surface area (Å²) < 4.78 is 23.2. The van der Waals surface area contributed by atoms with Crippen molar-refractivity contribution < 1.29 is 13.9 Å². The zero-order chi connectivity index (χ0) is 27.3. The lowest BCUT2D eigenvalue weighted by atomic mass is 10.1. The first-order valence-electron chi connectivity index (χ1n) is 11.8. The molecule has 0 unspecified atom stereocenters. The number of hydrogen-bond donors (Lipinski definition) is 3. The van der Waals surface area contributed by atoms with Crippen LogP contribution in [-0.4, -0.2) is 30.4 Å². The summed E-state index contributed by atoms with van der Waals surface area (Å²) in [6.45, 7) is 2.85. The Morgan fingerprint density at radius 3 is 2.53 bits per heavy atom. The monoisotopic (exact) mass is 521 g/mol. The highest BCUT2D eigenvalue weighted by molar-refractivity contribution is 5.94. The second-order valence-electron chi connectivity index (χ2n) is 9.02. The zero-order valence-electron chi connectivity index (χ0n) is 20.8. The van der Waals surface area contributed by atoms with E-state index in [9.17, 15) is 28.7 Å². The number of halogens is 1. The van der Waals surface area contributed by atoms with E-state index in [2.05, 4.69) is 10.3 Å². The maximum atomic E-state index is 14.8. The highest BCUT2D eigenvalue weighted by atomic mass is 19.1. The Bertz CT molecular complexity index is 1980. The molecule has 0 saturated heterocycles. The smallest absolute Gasteiger partial charge is 0.408 e. The Balaban J connectivity index is 1.93. The van der Waals surface area contributed by atoms with Crippen molar-refractivity contribution in [3.63, 3.8) is 0 Å². The lowest BCUT2D eigenvalue weighted by Crippen LogP contribution is -2.41. The number of aryl methyl sites for hydroxylation is 2. The van der Waals surface area contributed by atoms with Gasteiger partial charge in [0.25, 0.3) is 11.1 Å². The number of aromatic amines is 1. The number of H-pyrrole nitrogens is 1. The SMILES string of the molecule is Cc1ccc(Nc2c3c(=O)n(CCCO)c(=O)n(-c4ccc5oc(=O)[nH]c5c4)c3c(C)c(=O)n2C)c(F)c1. The van der Waals surface area contributed by atoms with Gasteiger partial charge < -0.3 is 14.8 Å². The van der Waals surface area contributed by atoms with Gasteiger partial charge in [0.2, 0.25) is 0 Å².